The first-order chi connectivity index (χ1) is 16.3. The molecule has 11 N–H and O–H groups in total. The quantitative estimate of drug-likeness (QED) is 0.0935. The lowest BCUT2D eigenvalue weighted by Gasteiger charge is -2.28. The SMILES string of the molecule is CCC(C)C(NC(=O)C(N)CC(N)=O)C(=O)NC(CCCCN)C(=O)NC(CCC(=O)O)C(=O)O. The van der Waals surface area contributed by atoms with Crippen molar-refractivity contribution in [3.63, 3.8) is 0 Å². The fourth-order valence-corrected chi connectivity index (χ4v) is 3.09. The Morgan fingerprint density at radius 3 is 1.94 bits per heavy atom. The van der Waals surface area contributed by atoms with Crippen LogP contribution < -0.4 is 33.2 Å². The highest BCUT2D eigenvalue weighted by atomic mass is 16.4. The summed E-state index contributed by atoms with van der Waals surface area (Å²) in [4.78, 5) is 71.5. The minimum Gasteiger partial charge on any atom is -0.481 e. The number of carbonyl (C=O) groups is 6. The lowest BCUT2D eigenvalue weighted by atomic mass is 9.96. The predicted octanol–water partition coefficient (Wildman–Crippen LogP) is -2.23. The van der Waals surface area contributed by atoms with Crippen LogP contribution in [0.15, 0.2) is 0 Å². The summed E-state index contributed by atoms with van der Waals surface area (Å²) in [5.41, 5.74) is 16.2. The summed E-state index contributed by atoms with van der Waals surface area (Å²) in [5.74, 6) is -6.09. The molecule has 0 fully saturated rings. The number of unbranched alkanes of at least 4 members (excludes halogenated alkanes) is 1. The number of hydrogen-bond donors (Lipinski definition) is 8. The molecule has 0 radical (unpaired) electrons. The third-order valence-corrected chi connectivity index (χ3v) is 5.39. The monoisotopic (exact) mass is 502 g/mol. The van der Waals surface area contributed by atoms with Crippen molar-refractivity contribution >= 4 is 35.6 Å². The fourth-order valence-electron chi connectivity index (χ4n) is 3.09. The highest BCUT2D eigenvalue weighted by Gasteiger charge is 2.32. The molecule has 0 bridgehead atoms. The Kier molecular flexibility index (Phi) is 14.9. The molecule has 5 atom stereocenters. The van der Waals surface area contributed by atoms with Gasteiger partial charge in [0, 0.05) is 6.42 Å². The van der Waals surface area contributed by atoms with E-state index >= 15 is 0 Å². The topological polar surface area (TPSA) is 257 Å². The highest BCUT2D eigenvalue weighted by Crippen LogP contribution is 2.11. The van der Waals surface area contributed by atoms with E-state index in [0.717, 1.165) is 0 Å². The van der Waals surface area contributed by atoms with Gasteiger partial charge in [-0.2, -0.15) is 0 Å². The molecule has 14 nitrogen and oxygen atoms in total. The van der Waals surface area contributed by atoms with Gasteiger partial charge in [0.1, 0.15) is 18.1 Å². The van der Waals surface area contributed by atoms with Crippen LogP contribution in [0.1, 0.15) is 58.8 Å². The molecule has 0 rings (SSSR count). The predicted molar refractivity (Wildman–Crippen MR) is 124 cm³/mol. The summed E-state index contributed by atoms with van der Waals surface area (Å²) in [6.45, 7) is 3.81. The average Bonchev–Trinajstić information content (AvgIpc) is 2.77. The Morgan fingerprint density at radius 1 is 0.857 bits per heavy atom. The third-order valence-electron chi connectivity index (χ3n) is 5.39. The first-order valence-electron chi connectivity index (χ1n) is 11.4. The molecule has 4 amide bonds. The van der Waals surface area contributed by atoms with E-state index in [2.05, 4.69) is 16.0 Å². The lowest BCUT2D eigenvalue weighted by Crippen LogP contribution is -2.58. The van der Waals surface area contributed by atoms with Crippen molar-refractivity contribution in [2.45, 2.75) is 83.0 Å². The third kappa shape index (κ3) is 12.7. The van der Waals surface area contributed by atoms with Crippen LogP contribution in [0.3, 0.4) is 0 Å². The number of nitrogens with one attached hydrogen (secondary N) is 3. The van der Waals surface area contributed by atoms with Gasteiger partial charge in [-0.3, -0.25) is 24.0 Å². The van der Waals surface area contributed by atoms with E-state index in [9.17, 15) is 33.9 Å². The molecule has 5 unspecified atom stereocenters. The molecule has 200 valence electrons. The van der Waals surface area contributed by atoms with Crippen molar-refractivity contribution in [1.29, 1.82) is 0 Å². The molecule has 14 heteroatoms. The molecule has 0 aromatic heterocycles. The molecule has 0 saturated carbocycles. The van der Waals surface area contributed by atoms with Gasteiger partial charge < -0.3 is 43.4 Å². The number of hydrogen-bond acceptors (Lipinski definition) is 8. The van der Waals surface area contributed by atoms with Gasteiger partial charge in [0.05, 0.1) is 12.5 Å². The fraction of sp³-hybridized carbons (Fsp3) is 0.714. The van der Waals surface area contributed by atoms with Crippen LogP contribution in [-0.4, -0.2) is 76.5 Å². The maximum absolute atomic E-state index is 13.0. The van der Waals surface area contributed by atoms with Gasteiger partial charge in [-0.15, -0.1) is 0 Å². The van der Waals surface area contributed by atoms with E-state index in [1.807, 2.05) is 0 Å². The number of carbonyl (C=O) groups excluding carboxylic acids is 4. The molecule has 0 spiro atoms. The summed E-state index contributed by atoms with van der Waals surface area (Å²) in [6, 6.07) is -4.99. The summed E-state index contributed by atoms with van der Waals surface area (Å²) in [7, 11) is 0. The van der Waals surface area contributed by atoms with E-state index < -0.39 is 72.6 Å². The van der Waals surface area contributed by atoms with Gasteiger partial charge in [-0.25, -0.2) is 4.79 Å². The maximum Gasteiger partial charge on any atom is 0.326 e. The molecule has 0 heterocycles. The largest absolute Gasteiger partial charge is 0.481 e. The van der Waals surface area contributed by atoms with E-state index in [1.54, 1.807) is 13.8 Å². The number of nitrogens with two attached hydrogens (primary N) is 3. The van der Waals surface area contributed by atoms with Crippen molar-refractivity contribution < 1.29 is 39.0 Å². The van der Waals surface area contributed by atoms with Gasteiger partial charge >= 0.3 is 11.9 Å². The highest BCUT2D eigenvalue weighted by molar-refractivity contribution is 5.95. The Morgan fingerprint density at radius 2 is 1.46 bits per heavy atom. The number of aliphatic carboxylic acids is 2. The molecule has 0 aliphatic heterocycles. The standard InChI is InChI=1S/C21H38N6O8/c1-3-11(2)17(27-18(31)12(23)10-15(24)28)20(33)25-13(6-4-5-9-22)19(32)26-14(21(34)35)7-8-16(29)30/h11-14,17H,3-10,22-23H2,1-2H3,(H2,24,28)(H,25,33)(H,26,32)(H,27,31)(H,29,30)(H,34,35). The number of carboxylic acids is 2. The summed E-state index contributed by atoms with van der Waals surface area (Å²) >= 11 is 0. The van der Waals surface area contributed by atoms with Crippen LogP contribution in [0, 0.1) is 5.92 Å². The Balaban J connectivity index is 5.58. The molecular weight excluding hydrogens is 464 g/mol. The zero-order valence-corrected chi connectivity index (χ0v) is 20.1. The van der Waals surface area contributed by atoms with Crippen LogP contribution in [0.2, 0.25) is 0 Å². The van der Waals surface area contributed by atoms with Gasteiger partial charge in [-0.1, -0.05) is 20.3 Å². The van der Waals surface area contributed by atoms with E-state index in [1.165, 1.54) is 0 Å². The zero-order chi connectivity index (χ0) is 27.1. The molecule has 0 aromatic carbocycles. The molecule has 0 aliphatic rings. The smallest absolute Gasteiger partial charge is 0.326 e. The first-order valence-corrected chi connectivity index (χ1v) is 11.4. The second-order valence-electron chi connectivity index (χ2n) is 8.33. The normalized spacial score (nSPS) is 15.1. The molecule has 0 saturated heterocycles. The van der Waals surface area contributed by atoms with Crippen molar-refractivity contribution in [1.82, 2.24) is 16.0 Å². The van der Waals surface area contributed by atoms with Gasteiger partial charge in [0.15, 0.2) is 0 Å². The Hall–Kier alpha value is -3.26. The van der Waals surface area contributed by atoms with Gasteiger partial charge in [0.2, 0.25) is 23.6 Å². The van der Waals surface area contributed by atoms with Crippen molar-refractivity contribution in [2.75, 3.05) is 6.54 Å². The first kappa shape index (κ1) is 31.7. The number of rotatable bonds is 18. The van der Waals surface area contributed by atoms with Crippen LogP contribution in [-0.2, 0) is 28.8 Å². The van der Waals surface area contributed by atoms with Crippen LogP contribution in [0.25, 0.3) is 0 Å². The molecule has 0 aromatic rings. The minimum absolute atomic E-state index is 0.127. The second kappa shape index (κ2) is 16.4. The zero-order valence-electron chi connectivity index (χ0n) is 20.1. The molecule has 35 heavy (non-hydrogen) atoms. The summed E-state index contributed by atoms with van der Waals surface area (Å²) in [5, 5.41) is 25.4. The van der Waals surface area contributed by atoms with E-state index in [-0.39, 0.29) is 18.8 Å². The summed E-state index contributed by atoms with van der Waals surface area (Å²) in [6.07, 6.45) is 0.336. The average molecular weight is 503 g/mol. The van der Waals surface area contributed by atoms with E-state index in [0.29, 0.717) is 25.8 Å². The number of amides is 4. The van der Waals surface area contributed by atoms with E-state index in [4.69, 9.17) is 22.3 Å². The van der Waals surface area contributed by atoms with Crippen molar-refractivity contribution in [3.8, 4) is 0 Å². The Labute approximate surface area is 203 Å². The minimum atomic E-state index is -1.47. The van der Waals surface area contributed by atoms with Crippen LogP contribution in [0.4, 0.5) is 0 Å². The second-order valence-corrected chi connectivity index (χ2v) is 8.33. The Bertz CT molecular complexity index is 762. The lowest BCUT2D eigenvalue weighted by molar-refractivity contribution is -0.143. The number of carboxylic acid groups (broad SMARTS) is 2. The maximum atomic E-state index is 13.0. The van der Waals surface area contributed by atoms with Crippen molar-refractivity contribution in [2.24, 2.45) is 23.1 Å². The number of primary amides is 1. The van der Waals surface area contributed by atoms with Crippen molar-refractivity contribution in [3.05, 3.63) is 0 Å². The van der Waals surface area contributed by atoms with Gasteiger partial charge in [0.25, 0.3) is 0 Å². The van der Waals surface area contributed by atoms with Crippen LogP contribution >= 0.6 is 0 Å². The van der Waals surface area contributed by atoms with Crippen LogP contribution in [0.5, 0.6) is 0 Å². The molecular formula is C21H38N6O8. The summed E-state index contributed by atoms with van der Waals surface area (Å²) < 4.78 is 0. The van der Waals surface area contributed by atoms with Gasteiger partial charge in [-0.05, 0) is 38.1 Å². The molecule has 0 aliphatic carbocycles.